The van der Waals surface area contributed by atoms with E-state index in [9.17, 15) is 4.79 Å². The molecule has 2 rings (SSSR count). The van der Waals surface area contributed by atoms with Crippen molar-refractivity contribution in [3.63, 3.8) is 0 Å². The Bertz CT molecular complexity index is 550. The van der Waals surface area contributed by atoms with E-state index in [2.05, 4.69) is 10.2 Å². The predicted molar refractivity (Wildman–Crippen MR) is 66.6 cm³/mol. The van der Waals surface area contributed by atoms with Gasteiger partial charge in [0.25, 0.3) is 5.91 Å². The van der Waals surface area contributed by atoms with Crippen molar-refractivity contribution in [3.8, 4) is 0 Å². The molecule has 18 heavy (non-hydrogen) atoms. The first-order valence-corrected chi connectivity index (χ1v) is 5.49. The van der Waals surface area contributed by atoms with Gasteiger partial charge < -0.3 is 10.6 Å². The lowest BCUT2D eigenvalue weighted by atomic mass is 10.3. The van der Waals surface area contributed by atoms with Crippen molar-refractivity contribution >= 4 is 11.6 Å². The van der Waals surface area contributed by atoms with Gasteiger partial charge in [0.1, 0.15) is 5.69 Å². The Morgan fingerprint density at radius 3 is 2.61 bits per heavy atom. The first-order valence-electron chi connectivity index (χ1n) is 5.49. The van der Waals surface area contributed by atoms with Crippen molar-refractivity contribution in [2.45, 2.75) is 6.54 Å². The third-order valence-corrected chi connectivity index (χ3v) is 2.69. The van der Waals surface area contributed by atoms with Crippen LogP contribution in [0, 0.1) is 0 Å². The van der Waals surface area contributed by atoms with Crippen LogP contribution in [0.5, 0.6) is 0 Å². The Balaban J connectivity index is 2.14. The second-order valence-electron chi connectivity index (χ2n) is 4.26. The lowest BCUT2D eigenvalue weighted by Crippen LogP contribution is -2.28. The summed E-state index contributed by atoms with van der Waals surface area (Å²) >= 11 is 0. The van der Waals surface area contributed by atoms with Crippen LogP contribution in [-0.2, 0) is 20.6 Å². The number of aryl methyl sites for hydroxylation is 2. The Labute approximate surface area is 105 Å². The molecule has 0 aromatic carbocycles. The molecule has 1 amide bonds. The summed E-state index contributed by atoms with van der Waals surface area (Å²) in [6.07, 6.45) is 5.08. The van der Waals surface area contributed by atoms with Crippen LogP contribution in [-0.4, -0.2) is 37.4 Å². The molecule has 0 saturated heterocycles. The normalized spacial score (nSPS) is 10.6. The Morgan fingerprint density at radius 1 is 1.39 bits per heavy atom. The van der Waals surface area contributed by atoms with Gasteiger partial charge in [0, 0.05) is 39.4 Å². The number of hydrogen-bond acceptors (Lipinski definition) is 4. The van der Waals surface area contributed by atoms with Gasteiger partial charge in [0.2, 0.25) is 0 Å². The highest BCUT2D eigenvalue weighted by Gasteiger charge is 2.19. The summed E-state index contributed by atoms with van der Waals surface area (Å²) < 4.78 is 3.18. The minimum Gasteiger partial charge on any atom is -0.396 e. The summed E-state index contributed by atoms with van der Waals surface area (Å²) in [4.78, 5) is 13.8. The van der Waals surface area contributed by atoms with Crippen molar-refractivity contribution in [3.05, 3.63) is 29.8 Å². The van der Waals surface area contributed by atoms with Crippen LogP contribution in [0.15, 0.2) is 18.6 Å². The average Bonchev–Trinajstić information content (AvgIpc) is 2.85. The molecule has 0 aliphatic heterocycles. The van der Waals surface area contributed by atoms with Crippen LogP contribution < -0.4 is 5.73 Å². The van der Waals surface area contributed by atoms with E-state index in [-0.39, 0.29) is 5.91 Å². The van der Waals surface area contributed by atoms with E-state index in [4.69, 9.17) is 5.73 Å². The summed E-state index contributed by atoms with van der Waals surface area (Å²) in [5, 5.41) is 8.02. The van der Waals surface area contributed by atoms with Crippen molar-refractivity contribution < 1.29 is 4.79 Å². The molecule has 2 heterocycles. The molecule has 0 aliphatic rings. The fraction of sp³-hybridized carbons (Fsp3) is 0.364. The van der Waals surface area contributed by atoms with E-state index in [0.29, 0.717) is 17.9 Å². The minimum absolute atomic E-state index is 0.156. The Kier molecular flexibility index (Phi) is 3.05. The van der Waals surface area contributed by atoms with E-state index in [0.717, 1.165) is 5.56 Å². The smallest absolute Gasteiger partial charge is 0.274 e. The summed E-state index contributed by atoms with van der Waals surface area (Å²) in [6, 6.07) is 0. The quantitative estimate of drug-likeness (QED) is 0.829. The number of hydrogen-bond donors (Lipinski definition) is 1. The van der Waals surface area contributed by atoms with Gasteiger partial charge in [0.05, 0.1) is 18.1 Å². The molecule has 2 aromatic rings. The summed E-state index contributed by atoms with van der Waals surface area (Å²) in [5.41, 5.74) is 7.49. The zero-order valence-corrected chi connectivity index (χ0v) is 10.7. The van der Waals surface area contributed by atoms with Crippen LogP contribution >= 0.6 is 0 Å². The van der Waals surface area contributed by atoms with Gasteiger partial charge in [-0.2, -0.15) is 10.2 Å². The van der Waals surface area contributed by atoms with Gasteiger partial charge in [-0.25, -0.2) is 0 Å². The number of amides is 1. The van der Waals surface area contributed by atoms with Crippen LogP contribution in [0.25, 0.3) is 0 Å². The number of carbonyl (C=O) groups is 1. The summed E-state index contributed by atoms with van der Waals surface area (Å²) in [7, 11) is 5.26. The second-order valence-corrected chi connectivity index (χ2v) is 4.26. The van der Waals surface area contributed by atoms with Gasteiger partial charge in [-0.15, -0.1) is 0 Å². The molecule has 0 unspecified atom stereocenters. The Morgan fingerprint density at radius 2 is 2.11 bits per heavy atom. The van der Waals surface area contributed by atoms with E-state index in [1.165, 1.54) is 10.9 Å². The third kappa shape index (κ3) is 2.20. The lowest BCUT2D eigenvalue weighted by Gasteiger charge is -2.16. The number of aromatic nitrogens is 4. The molecule has 0 fully saturated rings. The van der Waals surface area contributed by atoms with Crippen LogP contribution in [0.2, 0.25) is 0 Å². The average molecular weight is 248 g/mol. The number of rotatable bonds is 3. The van der Waals surface area contributed by atoms with Gasteiger partial charge in [-0.05, 0) is 0 Å². The maximum absolute atomic E-state index is 12.2. The van der Waals surface area contributed by atoms with Crippen molar-refractivity contribution in [2.75, 3.05) is 12.8 Å². The van der Waals surface area contributed by atoms with E-state index < -0.39 is 0 Å². The molecule has 7 heteroatoms. The number of nitrogens with zero attached hydrogens (tertiary/aromatic N) is 5. The molecule has 7 nitrogen and oxygen atoms in total. The molecule has 0 atom stereocenters. The molecular formula is C11H16N6O. The topological polar surface area (TPSA) is 82.0 Å². The standard InChI is InChI=1S/C11H16N6O/c1-15(6-8-4-13-16(2)7-8)11(18)10-9(12)5-14-17(10)3/h4-5,7H,6,12H2,1-3H3. The molecule has 0 saturated carbocycles. The van der Waals surface area contributed by atoms with Gasteiger partial charge >= 0.3 is 0 Å². The van der Waals surface area contributed by atoms with Crippen LogP contribution in [0.4, 0.5) is 5.69 Å². The second kappa shape index (κ2) is 4.52. The van der Waals surface area contributed by atoms with Crippen LogP contribution in [0.3, 0.4) is 0 Å². The van der Waals surface area contributed by atoms with Gasteiger partial charge in [-0.1, -0.05) is 0 Å². The summed E-state index contributed by atoms with van der Waals surface area (Å²) in [6.45, 7) is 0.483. The molecule has 2 aromatic heterocycles. The zero-order chi connectivity index (χ0) is 13.3. The number of carbonyl (C=O) groups excluding carboxylic acids is 1. The lowest BCUT2D eigenvalue weighted by molar-refractivity contribution is 0.0775. The van der Waals surface area contributed by atoms with Crippen molar-refractivity contribution in [1.29, 1.82) is 0 Å². The minimum atomic E-state index is -0.156. The largest absolute Gasteiger partial charge is 0.396 e. The van der Waals surface area contributed by atoms with Crippen molar-refractivity contribution in [1.82, 2.24) is 24.5 Å². The molecule has 0 spiro atoms. The molecule has 0 aliphatic carbocycles. The maximum Gasteiger partial charge on any atom is 0.274 e. The SMILES string of the molecule is CN(Cc1cnn(C)c1)C(=O)c1c(N)cnn1C. The molecule has 0 bridgehead atoms. The van der Waals surface area contributed by atoms with Crippen molar-refractivity contribution in [2.24, 2.45) is 14.1 Å². The molecule has 0 radical (unpaired) electrons. The maximum atomic E-state index is 12.2. The van der Waals surface area contributed by atoms with Gasteiger partial charge in [-0.3, -0.25) is 14.2 Å². The fourth-order valence-electron chi connectivity index (χ4n) is 1.80. The monoisotopic (exact) mass is 248 g/mol. The van der Waals surface area contributed by atoms with E-state index in [1.807, 2.05) is 13.2 Å². The number of nitrogen functional groups attached to an aromatic ring is 1. The summed E-state index contributed by atoms with van der Waals surface area (Å²) in [5.74, 6) is -0.156. The Hall–Kier alpha value is -2.31. The van der Waals surface area contributed by atoms with E-state index >= 15 is 0 Å². The first-order chi connectivity index (χ1) is 8.49. The highest BCUT2D eigenvalue weighted by Crippen LogP contribution is 2.13. The number of nitrogens with two attached hydrogens (primary N) is 1. The highest BCUT2D eigenvalue weighted by atomic mass is 16.2. The molecule has 2 N–H and O–H groups in total. The van der Waals surface area contributed by atoms with Crippen LogP contribution in [0.1, 0.15) is 16.1 Å². The third-order valence-electron chi connectivity index (χ3n) is 2.69. The fourth-order valence-corrected chi connectivity index (χ4v) is 1.80. The molecular weight excluding hydrogens is 232 g/mol. The van der Waals surface area contributed by atoms with E-state index in [1.54, 1.807) is 29.9 Å². The zero-order valence-electron chi connectivity index (χ0n) is 10.7. The first kappa shape index (κ1) is 12.2. The highest BCUT2D eigenvalue weighted by molar-refractivity contribution is 5.97. The molecule has 96 valence electrons. The predicted octanol–water partition coefficient (Wildman–Crippen LogP) is 0.00800. The van der Waals surface area contributed by atoms with Gasteiger partial charge in [0.15, 0.2) is 0 Å². The number of anilines is 1.